The molecule has 152 valence electrons. The molecule has 2 aromatic rings. The number of aliphatic imine (C=N–C) groups is 1. The molecule has 2 rings (SSSR count). The summed E-state index contributed by atoms with van der Waals surface area (Å²) in [5.74, 6) is 0.457. The van der Waals surface area contributed by atoms with Gasteiger partial charge in [-0.3, -0.25) is 4.79 Å². The number of carbonyl (C=O) groups is 1. The van der Waals surface area contributed by atoms with Crippen molar-refractivity contribution in [3.8, 4) is 0 Å². The van der Waals surface area contributed by atoms with Crippen molar-refractivity contribution in [3.05, 3.63) is 65.0 Å². The lowest BCUT2D eigenvalue weighted by Gasteiger charge is -2.12. The van der Waals surface area contributed by atoms with E-state index in [2.05, 4.69) is 20.9 Å². The van der Waals surface area contributed by atoms with Crippen molar-refractivity contribution < 1.29 is 9.18 Å². The number of hydrogen-bond donors (Lipinski definition) is 3. The summed E-state index contributed by atoms with van der Waals surface area (Å²) in [6.07, 6.45) is 0.834. The van der Waals surface area contributed by atoms with E-state index in [9.17, 15) is 9.18 Å². The van der Waals surface area contributed by atoms with Gasteiger partial charge in [0.15, 0.2) is 5.96 Å². The first-order chi connectivity index (χ1) is 13.0. The van der Waals surface area contributed by atoms with Crippen LogP contribution in [0.2, 0.25) is 0 Å². The van der Waals surface area contributed by atoms with E-state index in [0.717, 1.165) is 36.7 Å². The van der Waals surface area contributed by atoms with Crippen molar-refractivity contribution in [2.75, 3.05) is 18.4 Å². The van der Waals surface area contributed by atoms with Crippen LogP contribution in [0.4, 0.5) is 10.1 Å². The maximum absolute atomic E-state index is 13.4. The van der Waals surface area contributed by atoms with Crippen LogP contribution in [-0.2, 0) is 17.8 Å². The van der Waals surface area contributed by atoms with Gasteiger partial charge in [-0.25, -0.2) is 9.38 Å². The third-order valence-corrected chi connectivity index (χ3v) is 3.97. The lowest BCUT2D eigenvalue weighted by Crippen LogP contribution is -2.38. The second-order valence-electron chi connectivity index (χ2n) is 6.33. The van der Waals surface area contributed by atoms with Gasteiger partial charge in [0, 0.05) is 25.7 Å². The van der Waals surface area contributed by atoms with Crippen LogP contribution in [0.15, 0.2) is 47.5 Å². The molecule has 5 nitrogen and oxygen atoms in total. The molecule has 0 aromatic heterocycles. The summed E-state index contributed by atoms with van der Waals surface area (Å²) in [6.45, 7) is 7.24. The smallest absolute Gasteiger partial charge is 0.221 e. The molecule has 0 aliphatic rings. The zero-order valence-electron chi connectivity index (χ0n) is 16.5. The lowest BCUT2D eigenvalue weighted by atomic mass is 10.1. The second kappa shape index (κ2) is 12.3. The highest BCUT2D eigenvalue weighted by Gasteiger charge is 2.02. The van der Waals surface area contributed by atoms with Crippen LogP contribution < -0.4 is 16.0 Å². The van der Waals surface area contributed by atoms with E-state index >= 15 is 0 Å². The van der Waals surface area contributed by atoms with Crippen LogP contribution in [0.3, 0.4) is 0 Å². The first kappa shape index (κ1) is 23.9. The van der Waals surface area contributed by atoms with Gasteiger partial charge in [-0.15, -0.1) is 24.0 Å². The highest BCUT2D eigenvalue weighted by Crippen LogP contribution is 2.11. The Kier molecular flexibility index (Phi) is 10.5. The van der Waals surface area contributed by atoms with Crippen molar-refractivity contribution >= 4 is 41.5 Å². The summed E-state index contributed by atoms with van der Waals surface area (Å²) in [6, 6.07) is 12.8. The summed E-state index contributed by atoms with van der Waals surface area (Å²) in [4.78, 5) is 15.6. The molecule has 3 N–H and O–H groups in total. The maximum atomic E-state index is 13.4. The molecule has 0 aliphatic carbocycles. The fourth-order valence-corrected chi connectivity index (χ4v) is 2.60. The number of amides is 1. The van der Waals surface area contributed by atoms with Gasteiger partial charge in [-0.2, -0.15) is 0 Å². The van der Waals surface area contributed by atoms with E-state index in [-0.39, 0.29) is 35.7 Å². The Morgan fingerprint density at radius 2 is 1.75 bits per heavy atom. The standard InChI is InChI=1S/C21H27FN4O.HI/c1-4-23-21(25-14-18-7-10-20(22)15(2)13-18)24-12-11-17-5-8-19(9-6-17)26-16(3)27;/h5-10,13H,4,11-12,14H2,1-3H3,(H,26,27)(H2,23,24,25);1H. The highest BCUT2D eigenvalue weighted by molar-refractivity contribution is 14.0. The third-order valence-electron chi connectivity index (χ3n) is 3.97. The predicted octanol–water partition coefficient (Wildman–Crippen LogP) is 4.01. The molecule has 0 unspecified atom stereocenters. The topological polar surface area (TPSA) is 65.5 Å². The number of anilines is 1. The van der Waals surface area contributed by atoms with Crippen LogP contribution in [-0.4, -0.2) is 25.0 Å². The van der Waals surface area contributed by atoms with Gasteiger partial charge < -0.3 is 16.0 Å². The zero-order valence-corrected chi connectivity index (χ0v) is 18.8. The Balaban J connectivity index is 0.00000392. The van der Waals surface area contributed by atoms with Gasteiger partial charge in [-0.1, -0.05) is 24.3 Å². The maximum Gasteiger partial charge on any atom is 0.221 e. The molecule has 0 radical (unpaired) electrons. The van der Waals surface area contributed by atoms with Gasteiger partial charge in [0.05, 0.1) is 6.54 Å². The van der Waals surface area contributed by atoms with Gasteiger partial charge in [0.1, 0.15) is 5.82 Å². The van der Waals surface area contributed by atoms with Crippen molar-refractivity contribution in [3.63, 3.8) is 0 Å². The van der Waals surface area contributed by atoms with Crippen LogP contribution in [0, 0.1) is 12.7 Å². The minimum absolute atomic E-state index is 0. The highest BCUT2D eigenvalue weighted by atomic mass is 127. The van der Waals surface area contributed by atoms with Gasteiger partial charge >= 0.3 is 0 Å². The Labute approximate surface area is 183 Å². The van der Waals surface area contributed by atoms with E-state index in [1.54, 1.807) is 13.0 Å². The van der Waals surface area contributed by atoms with Crippen LogP contribution in [0.5, 0.6) is 0 Å². The number of rotatable bonds is 7. The molecule has 0 bridgehead atoms. The molecular weight excluding hydrogens is 470 g/mol. The third kappa shape index (κ3) is 8.24. The molecule has 28 heavy (non-hydrogen) atoms. The van der Waals surface area contributed by atoms with Gasteiger partial charge in [0.25, 0.3) is 0 Å². The number of hydrogen-bond acceptors (Lipinski definition) is 2. The van der Waals surface area contributed by atoms with E-state index in [4.69, 9.17) is 0 Å². The Morgan fingerprint density at radius 3 is 2.36 bits per heavy atom. The molecule has 0 fully saturated rings. The number of benzene rings is 2. The van der Waals surface area contributed by atoms with Crippen LogP contribution >= 0.6 is 24.0 Å². The lowest BCUT2D eigenvalue weighted by molar-refractivity contribution is -0.114. The monoisotopic (exact) mass is 498 g/mol. The van der Waals surface area contributed by atoms with Crippen molar-refractivity contribution in [1.29, 1.82) is 0 Å². The average molecular weight is 498 g/mol. The van der Waals surface area contributed by atoms with Crippen molar-refractivity contribution in [2.45, 2.75) is 33.7 Å². The SMILES string of the molecule is CCNC(=NCc1ccc(F)c(C)c1)NCCc1ccc(NC(C)=O)cc1.I. The predicted molar refractivity (Wildman–Crippen MR) is 124 cm³/mol. The minimum atomic E-state index is -0.197. The summed E-state index contributed by atoms with van der Waals surface area (Å²) >= 11 is 0. The first-order valence-electron chi connectivity index (χ1n) is 9.11. The summed E-state index contributed by atoms with van der Waals surface area (Å²) in [5.41, 5.74) is 3.56. The molecule has 0 heterocycles. The molecule has 0 saturated heterocycles. The van der Waals surface area contributed by atoms with Gasteiger partial charge in [-0.05, 0) is 55.2 Å². The Bertz CT molecular complexity index is 793. The number of nitrogens with one attached hydrogen (secondary N) is 3. The molecule has 0 atom stereocenters. The summed E-state index contributed by atoms with van der Waals surface area (Å²) in [7, 11) is 0. The minimum Gasteiger partial charge on any atom is -0.357 e. The molecule has 2 aromatic carbocycles. The number of nitrogens with zero attached hydrogens (tertiary/aromatic N) is 1. The molecule has 1 amide bonds. The van der Waals surface area contributed by atoms with Crippen LogP contribution in [0.1, 0.15) is 30.5 Å². The summed E-state index contributed by atoms with van der Waals surface area (Å²) < 4.78 is 13.4. The number of carbonyl (C=O) groups excluding carboxylic acids is 1. The fourth-order valence-electron chi connectivity index (χ4n) is 2.60. The van der Waals surface area contributed by atoms with E-state index < -0.39 is 0 Å². The number of guanidine groups is 1. The molecular formula is C21H28FIN4O. The Morgan fingerprint density at radius 1 is 1.07 bits per heavy atom. The summed E-state index contributed by atoms with van der Waals surface area (Å²) in [5, 5.41) is 9.28. The first-order valence-corrected chi connectivity index (χ1v) is 9.11. The van der Waals surface area contributed by atoms with Crippen LogP contribution in [0.25, 0.3) is 0 Å². The molecule has 0 spiro atoms. The van der Waals surface area contributed by atoms with Crippen molar-refractivity contribution in [2.24, 2.45) is 4.99 Å². The van der Waals surface area contributed by atoms with Crippen molar-refractivity contribution in [1.82, 2.24) is 10.6 Å². The van der Waals surface area contributed by atoms with E-state index in [1.807, 2.05) is 37.3 Å². The molecule has 7 heteroatoms. The molecule has 0 saturated carbocycles. The Hall–Kier alpha value is -2.16. The zero-order chi connectivity index (χ0) is 19.6. The fraction of sp³-hybridized carbons (Fsp3) is 0.333. The second-order valence-corrected chi connectivity index (χ2v) is 6.33. The van der Waals surface area contributed by atoms with E-state index in [1.165, 1.54) is 18.6 Å². The quantitative estimate of drug-likeness (QED) is 0.307. The number of halogens is 2. The normalized spacial score (nSPS) is 10.8. The molecule has 0 aliphatic heterocycles. The largest absolute Gasteiger partial charge is 0.357 e. The van der Waals surface area contributed by atoms with E-state index in [0.29, 0.717) is 12.1 Å². The number of aryl methyl sites for hydroxylation is 1. The average Bonchev–Trinajstić information content (AvgIpc) is 2.63. The van der Waals surface area contributed by atoms with Gasteiger partial charge in [0.2, 0.25) is 5.91 Å².